The zero-order valence-corrected chi connectivity index (χ0v) is 17.3. The van der Waals surface area contributed by atoms with Gasteiger partial charge in [-0.2, -0.15) is 8.42 Å². The fourth-order valence-corrected chi connectivity index (χ4v) is 3.79. The van der Waals surface area contributed by atoms with Crippen molar-refractivity contribution in [3.63, 3.8) is 0 Å². The number of fused-ring (bicyclic) bond motifs is 2. The van der Waals surface area contributed by atoms with E-state index >= 15 is 0 Å². The first kappa shape index (κ1) is 21.0. The Labute approximate surface area is 164 Å². The molecular weight excluding hydrogens is 390 g/mol. The van der Waals surface area contributed by atoms with E-state index in [0.717, 1.165) is 18.0 Å². The summed E-state index contributed by atoms with van der Waals surface area (Å²) in [6.07, 6.45) is 4.09. The van der Waals surface area contributed by atoms with Gasteiger partial charge >= 0.3 is 0 Å². The summed E-state index contributed by atoms with van der Waals surface area (Å²) in [5.41, 5.74) is 3.88. The lowest BCUT2D eigenvalue weighted by atomic mass is 9.96. The van der Waals surface area contributed by atoms with Crippen molar-refractivity contribution in [1.29, 1.82) is 0 Å². The van der Waals surface area contributed by atoms with Crippen molar-refractivity contribution in [3.05, 3.63) is 64.7 Å². The maximum Gasteiger partial charge on any atom is 0.261 e. The smallest absolute Gasteiger partial charge is 0.261 e. The molecule has 3 rings (SSSR count). The minimum Gasteiger partial charge on any atom is -0.309 e. The highest BCUT2D eigenvalue weighted by Crippen LogP contribution is 2.46. The van der Waals surface area contributed by atoms with Gasteiger partial charge in [0.15, 0.2) is 0 Å². The van der Waals surface area contributed by atoms with Crippen molar-refractivity contribution < 1.29 is 13.0 Å². The third-order valence-corrected chi connectivity index (χ3v) is 4.94. The van der Waals surface area contributed by atoms with Gasteiger partial charge in [-0.15, -0.1) is 0 Å². The van der Waals surface area contributed by atoms with Crippen LogP contribution in [-0.2, 0) is 10.1 Å². The second kappa shape index (κ2) is 9.06. The summed E-state index contributed by atoms with van der Waals surface area (Å²) in [6, 6.07) is 14.8. The lowest BCUT2D eigenvalue weighted by Crippen LogP contribution is -2.12. The third kappa shape index (κ3) is 6.45. The lowest BCUT2D eigenvalue weighted by Gasteiger charge is -2.22. The molecule has 0 fully saturated rings. The van der Waals surface area contributed by atoms with E-state index in [0.29, 0.717) is 6.26 Å². The second-order valence-corrected chi connectivity index (χ2v) is 9.17. The van der Waals surface area contributed by atoms with Gasteiger partial charge in [0.2, 0.25) is 0 Å². The van der Waals surface area contributed by atoms with Gasteiger partial charge in [-0.05, 0) is 61.5 Å². The van der Waals surface area contributed by atoms with Gasteiger partial charge in [0.25, 0.3) is 10.1 Å². The molecule has 0 saturated heterocycles. The zero-order chi connectivity index (χ0) is 19.3. The molecule has 0 amide bonds. The molecule has 1 N–H and O–H groups in total. The highest BCUT2D eigenvalue weighted by atomic mass is 35.5. The summed E-state index contributed by atoms with van der Waals surface area (Å²) >= 11 is 8.03. The van der Waals surface area contributed by atoms with Gasteiger partial charge in [-0.1, -0.05) is 47.6 Å². The van der Waals surface area contributed by atoms with Crippen LogP contribution in [0.2, 0.25) is 5.02 Å². The maximum absolute atomic E-state index is 9.19. The van der Waals surface area contributed by atoms with Crippen molar-refractivity contribution in [2.75, 3.05) is 26.9 Å². The van der Waals surface area contributed by atoms with Gasteiger partial charge in [0.05, 0.1) is 6.26 Å². The summed E-state index contributed by atoms with van der Waals surface area (Å²) < 4.78 is 25.9. The average molecular weight is 412 g/mol. The molecule has 2 aromatic rings. The molecule has 0 aliphatic carbocycles. The van der Waals surface area contributed by atoms with Crippen LogP contribution in [0.15, 0.2) is 58.3 Å². The predicted octanol–water partition coefficient (Wildman–Crippen LogP) is 4.69. The van der Waals surface area contributed by atoms with Crippen molar-refractivity contribution in [3.8, 4) is 0 Å². The number of nitrogens with zero attached hydrogens (tertiary/aromatic N) is 1. The molecule has 140 valence electrons. The van der Waals surface area contributed by atoms with E-state index in [1.54, 1.807) is 0 Å². The quantitative estimate of drug-likeness (QED) is 0.633. The molecule has 1 heterocycles. The Hall–Kier alpha value is -1.31. The molecule has 7 heteroatoms. The minimum atomic E-state index is -3.67. The normalized spacial score (nSPS) is 14.5. The lowest BCUT2D eigenvalue weighted by molar-refractivity contribution is 0.417. The third-order valence-electron chi connectivity index (χ3n) is 3.55. The van der Waals surface area contributed by atoms with Crippen molar-refractivity contribution >= 4 is 39.1 Å². The van der Waals surface area contributed by atoms with E-state index in [1.807, 2.05) is 17.8 Å². The number of benzene rings is 2. The fourth-order valence-electron chi connectivity index (χ4n) is 2.53. The van der Waals surface area contributed by atoms with E-state index in [9.17, 15) is 8.42 Å². The van der Waals surface area contributed by atoms with Crippen LogP contribution in [0.1, 0.15) is 17.5 Å². The maximum atomic E-state index is 9.19. The van der Waals surface area contributed by atoms with Gasteiger partial charge in [0, 0.05) is 21.4 Å². The van der Waals surface area contributed by atoms with Crippen LogP contribution in [0.25, 0.3) is 5.57 Å². The molecule has 2 aromatic carbocycles. The van der Waals surface area contributed by atoms with Crippen LogP contribution >= 0.6 is 23.4 Å². The second-order valence-electron chi connectivity index (χ2n) is 6.18. The summed E-state index contributed by atoms with van der Waals surface area (Å²) in [4.78, 5) is 4.82. The molecule has 1 aliphatic rings. The van der Waals surface area contributed by atoms with Gasteiger partial charge in [-0.25, -0.2) is 0 Å². The van der Waals surface area contributed by atoms with Gasteiger partial charge in [0.1, 0.15) is 0 Å². The zero-order valence-electron chi connectivity index (χ0n) is 14.9. The highest BCUT2D eigenvalue weighted by Gasteiger charge is 2.20. The van der Waals surface area contributed by atoms with E-state index in [1.165, 1.54) is 26.5 Å². The number of hydrogen-bond acceptors (Lipinski definition) is 4. The van der Waals surface area contributed by atoms with E-state index < -0.39 is 10.1 Å². The molecular formula is C19H22ClNO3S2. The Kier molecular flexibility index (Phi) is 7.32. The molecule has 26 heavy (non-hydrogen) atoms. The van der Waals surface area contributed by atoms with Gasteiger partial charge < -0.3 is 4.90 Å². The van der Waals surface area contributed by atoms with Crippen LogP contribution in [0, 0.1) is 0 Å². The molecule has 0 saturated carbocycles. The molecule has 0 unspecified atom stereocenters. The standard InChI is InChI=1S/C18H18ClNS.CH4O3S/c1-20(2)11-5-7-14-15-6-3-4-8-17(15)21-18-10-9-13(19)12-16(14)18;1-5(2,3)4/h3-4,6-10,12H,5,11H2,1-2H3;1H3,(H,2,3,4)/b14-7+;. The molecule has 0 spiro atoms. The first-order valence-corrected chi connectivity index (χ1v) is 11.0. The first-order chi connectivity index (χ1) is 12.1. The Morgan fingerprint density at radius 2 is 1.73 bits per heavy atom. The van der Waals surface area contributed by atoms with Crippen LogP contribution in [0.4, 0.5) is 0 Å². The van der Waals surface area contributed by atoms with Crippen molar-refractivity contribution in [2.45, 2.75) is 16.2 Å². The average Bonchev–Trinajstić information content (AvgIpc) is 2.53. The van der Waals surface area contributed by atoms with Crippen molar-refractivity contribution in [2.24, 2.45) is 0 Å². The summed E-state index contributed by atoms with van der Waals surface area (Å²) in [5, 5.41) is 0.798. The molecule has 0 atom stereocenters. The molecule has 0 radical (unpaired) electrons. The molecule has 0 bridgehead atoms. The number of hydrogen-bond donors (Lipinski definition) is 1. The van der Waals surface area contributed by atoms with Crippen LogP contribution in [0.3, 0.4) is 0 Å². The Morgan fingerprint density at radius 3 is 2.38 bits per heavy atom. The SMILES string of the molecule is CN(C)CC/C=C1\c2ccccc2Sc2ccc(Cl)cc21.CS(=O)(=O)O. The monoisotopic (exact) mass is 411 g/mol. The van der Waals surface area contributed by atoms with Crippen molar-refractivity contribution in [1.82, 2.24) is 4.90 Å². The number of rotatable bonds is 3. The van der Waals surface area contributed by atoms with Crippen LogP contribution in [-0.4, -0.2) is 44.8 Å². The van der Waals surface area contributed by atoms with Crippen LogP contribution in [0.5, 0.6) is 0 Å². The van der Waals surface area contributed by atoms with E-state index in [4.69, 9.17) is 16.2 Å². The summed E-state index contributed by atoms with van der Waals surface area (Å²) in [5.74, 6) is 0. The molecule has 0 aromatic heterocycles. The largest absolute Gasteiger partial charge is 0.309 e. The summed E-state index contributed by atoms with van der Waals surface area (Å²) in [7, 11) is 0.544. The Bertz CT molecular complexity index is 901. The highest BCUT2D eigenvalue weighted by molar-refractivity contribution is 7.99. The van der Waals surface area contributed by atoms with Crippen LogP contribution < -0.4 is 0 Å². The fraction of sp³-hybridized carbons (Fsp3) is 0.263. The topological polar surface area (TPSA) is 57.6 Å². The van der Waals surface area contributed by atoms with E-state index in [-0.39, 0.29) is 0 Å². The minimum absolute atomic E-state index is 0.715. The Balaban J connectivity index is 0.000000431. The predicted molar refractivity (Wildman–Crippen MR) is 110 cm³/mol. The first-order valence-electron chi connectivity index (χ1n) is 7.99. The number of halogens is 1. The molecule has 4 nitrogen and oxygen atoms in total. The van der Waals surface area contributed by atoms with E-state index in [2.05, 4.69) is 61.5 Å². The summed E-state index contributed by atoms with van der Waals surface area (Å²) in [6.45, 7) is 1.05. The molecule has 1 aliphatic heterocycles. The van der Waals surface area contributed by atoms with Gasteiger partial charge in [-0.3, -0.25) is 4.55 Å². The Morgan fingerprint density at radius 1 is 1.12 bits per heavy atom.